The first-order valence-corrected chi connectivity index (χ1v) is 10.6. The fourth-order valence-electron chi connectivity index (χ4n) is 3.41. The van der Waals surface area contributed by atoms with Gasteiger partial charge in [-0.3, -0.25) is 14.6 Å². The Hall–Kier alpha value is -3.60. The largest absolute Gasteiger partial charge is 0.364 e. The normalized spacial score (nSPS) is 16.0. The SMILES string of the molecule is Cc1cc(Nc2nc(N3CCC[C@@H](NC(=O)c4ccncc4)C3)cnc2C(N)=O)sn1. The molecule has 10 nitrogen and oxygen atoms in total. The molecule has 1 atom stereocenters. The second-order valence-corrected chi connectivity index (χ2v) is 8.05. The van der Waals surface area contributed by atoms with Gasteiger partial charge in [0.25, 0.3) is 11.8 Å². The average Bonchev–Trinajstić information content (AvgIpc) is 3.19. The highest BCUT2D eigenvalue weighted by Crippen LogP contribution is 2.25. The van der Waals surface area contributed by atoms with Crippen molar-refractivity contribution < 1.29 is 9.59 Å². The highest BCUT2D eigenvalue weighted by Gasteiger charge is 2.24. The number of pyridine rings is 1. The summed E-state index contributed by atoms with van der Waals surface area (Å²) in [7, 11) is 0. The van der Waals surface area contributed by atoms with E-state index in [4.69, 9.17) is 5.73 Å². The molecule has 1 saturated heterocycles. The van der Waals surface area contributed by atoms with Crippen molar-refractivity contribution in [2.75, 3.05) is 23.3 Å². The summed E-state index contributed by atoms with van der Waals surface area (Å²) >= 11 is 1.26. The number of nitrogens with one attached hydrogen (secondary N) is 2. The predicted octanol–water partition coefficient (Wildman–Crippen LogP) is 1.88. The van der Waals surface area contributed by atoms with Crippen molar-refractivity contribution in [1.29, 1.82) is 0 Å². The fraction of sp³-hybridized carbons (Fsp3) is 0.300. The summed E-state index contributed by atoms with van der Waals surface area (Å²) in [4.78, 5) is 39.1. The molecule has 1 aliphatic heterocycles. The lowest BCUT2D eigenvalue weighted by Crippen LogP contribution is -2.48. The van der Waals surface area contributed by atoms with E-state index in [9.17, 15) is 9.59 Å². The van der Waals surface area contributed by atoms with Crippen LogP contribution in [0.5, 0.6) is 0 Å². The molecule has 1 fully saturated rings. The van der Waals surface area contributed by atoms with Crippen molar-refractivity contribution in [2.24, 2.45) is 5.73 Å². The molecule has 0 aromatic carbocycles. The van der Waals surface area contributed by atoms with Crippen LogP contribution in [0.3, 0.4) is 0 Å². The number of hydrogen-bond donors (Lipinski definition) is 3. The molecule has 1 aliphatic rings. The minimum atomic E-state index is -0.663. The zero-order valence-electron chi connectivity index (χ0n) is 16.9. The second-order valence-electron chi connectivity index (χ2n) is 7.24. The van der Waals surface area contributed by atoms with Crippen LogP contribution < -0.4 is 21.3 Å². The maximum Gasteiger partial charge on any atom is 0.271 e. The smallest absolute Gasteiger partial charge is 0.271 e. The minimum absolute atomic E-state index is 0.0346. The zero-order valence-corrected chi connectivity index (χ0v) is 17.7. The fourth-order valence-corrected chi connectivity index (χ4v) is 4.07. The van der Waals surface area contributed by atoms with Crippen molar-refractivity contribution in [3.05, 3.63) is 53.7 Å². The maximum atomic E-state index is 12.5. The maximum absolute atomic E-state index is 12.5. The Balaban J connectivity index is 1.50. The van der Waals surface area contributed by atoms with Crippen molar-refractivity contribution in [1.82, 2.24) is 24.6 Å². The van der Waals surface area contributed by atoms with Gasteiger partial charge in [-0.2, -0.15) is 4.37 Å². The first-order chi connectivity index (χ1) is 15.0. The van der Waals surface area contributed by atoms with E-state index < -0.39 is 5.91 Å². The Morgan fingerprint density at radius 1 is 1.29 bits per heavy atom. The monoisotopic (exact) mass is 438 g/mol. The van der Waals surface area contributed by atoms with Crippen molar-refractivity contribution in [3.63, 3.8) is 0 Å². The standard InChI is InChI=1S/C20H22N8O2S/c1-12-9-16(31-27-12)26-19-17(18(21)29)23-10-15(25-19)28-8-2-3-14(11-28)24-20(30)13-4-6-22-7-5-13/h4-7,9-10,14H,2-3,8,11H2,1H3,(H2,21,29)(H,24,30)(H,25,26)/t14-/m1/s1. The van der Waals surface area contributed by atoms with Crippen LogP contribution in [-0.2, 0) is 0 Å². The Kier molecular flexibility index (Phi) is 6.03. The van der Waals surface area contributed by atoms with Crippen LogP contribution in [-0.4, -0.2) is 50.3 Å². The Morgan fingerprint density at radius 3 is 2.81 bits per heavy atom. The zero-order chi connectivity index (χ0) is 21.8. The van der Waals surface area contributed by atoms with Gasteiger partial charge in [-0.05, 0) is 49.5 Å². The van der Waals surface area contributed by atoms with Crippen LogP contribution in [0.2, 0.25) is 0 Å². The number of primary amides is 1. The number of anilines is 3. The third kappa shape index (κ3) is 4.94. The molecular weight excluding hydrogens is 416 g/mol. The average molecular weight is 439 g/mol. The summed E-state index contributed by atoms with van der Waals surface area (Å²) in [6, 6.07) is 5.19. The van der Waals surface area contributed by atoms with Crippen LogP contribution in [0, 0.1) is 6.92 Å². The number of nitrogens with zero attached hydrogens (tertiary/aromatic N) is 5. The van der Waals surface area contributed by atoms with Crippen molar-refractivity contribution >= 4 is 40.0 Å². The highest BCUT2D eigenvalue weighted by atomic mass is 32.1. The van der Waals surface area contributed by atoms with Gasteiger partial charge in [0, 0.05) is 37.1 Å². The van der Waals surface area contributed by atoms with Gasteiger partial charge in [0.1, 0.15) is 10.8 Å². The topological polar surface area (TPSA) is 139 Å². The summed E-state index contributed by atoms with van der Waals surface area (Å²) in [5.41, 5.74) is 6.97. The van der Waals surface area contributed by atoms with Gasteiger partial charge in [-0.25, -0.2) is 9.97 Å². The molecule has 3 aromatic rings. The molecule has 4 heterocycles. The van der Waals surface area contributed by atoms with Gasteiger partial charge in [-0.1, -0.05) is 0 Å². The number of rotatable bonds is 6. The van der Waals surface area contributed by atoms with Gasteiger partial charge in [0.15, 0.2) is 11.5 Å². The van der Waals surface area contributed by atoms with Gasteiger partial charge < -0.3 is 21.3 Å². The molecule has 4 rings (SSSR count). The van der Waals surface area contributed by atoms with Crippen LogP contribution in [0.15, 0.2) is 36.8 Å². The summed E-state index contributed by atoms with van der Waals surface area (Å²) in [5.74, 6) is 0.101. The molecule has 0 saturated carbocycles. The number of piperidine rings is 1. The number of amides is 2. The van der Waals surface area contributed by atoms with E-state index in [1.165, 1.54) is 17.7 Å². The lowest BCUT2D eigenvalue weighted by molar-refractivity contribution is 0.0931. The number of aromatic nitrogens is 4. The third-order valence-corrected chi connectivity index (χ3v) is 5.68. The van der Waals surface area contributed by atoms with Gasteiger partial charge in [0.05, 0.1) is 11.9 Å². The first-order valence-electron chi connectivity index (χ1n) is 9.82. The van der Waals surface area contributed by atoms with E-state index in [0.717, 1.165) is 30.1 Å². The van der Waals surface area contributed by atoms with E-state index in [2.05, 4.69) is 30.0 Å². The Labute approximate surface area is 183 Å². The summed E-state index contributed by atoms with van der Waals surface area (Å²) < 4.78 is 4.22. The van der Waals surface area contributed by atoms with Crippen LogP contribution in [0.25, 0.3) is 0 Å². The molecule has 11 heteroatoms. The molecule has 0 bridgehead atoms. The lowest BCUT2D eigenvalue weighted by Gasteiger charge is -2.34. The minimum Gasteiger partial charge on any atom is -0.364 e. The van der Waals surface area contributed by atoms with E-state index in [-0.39, 0.29) is 23.5 Å². The number of hydrogen-bond acceptors (Lipinski definition) is 9. The summed E-state index contributed by atoms with van der Waals surface area (Å²) in [5, 5.41) is 6.91. The third-order valence-electron chi connectivity index (χ3n) is 4.89. The van der Waals surface area contributed by atoms with E-state index in [0.29, 0.717) is 17.9 Å². The quantitative estimate of drug-likeness (QED) is 0.530. The molecule has 2 amide bonds. The molecule has 160 valence electrons. The van der Waals surface area contributed by atoms with Crippen LogP contribution in [0.4, 0.5) is 16.6 Å². The highest BCUT2D eigenvalue weighted by molar-refractivity contribution is 7.10. The van der Waals surface area contributed by atoms with E-state index in [1.54, 1.807) is 24.5 Å². The number of aryl methyl sites for hydroxylation is 1. The van der Waals surface area contributed by atoms with Gasteiger partial charge >= 0.3 is 0 Å². The molecule has 0 aliphatic carbocycles. The molecule has 0 unspecified atom stereocenters. The summed E-state index contributed by atoms with van der Waals surface area (Å²) in [6.45, 7) is 3.23. The van der Waals surface area contributed by atoms with Crippen molar-refractivity contribution in [2.45, 2.75) is 25.8 Å². The number of carbonyl (C=O) groups excluding carboxylic acids is 2. The van der Waals surface area contributed by atoms with Crippen molar-refractivity contribution in [3.8, 4) is 0 Å². The van der Waals surface area contributed by atoms with Crippen LogP contribution in [0.1, 0.15) is 39.4 Å². The molecule has 0 spiro atoms. The Bertz CT molecular complexity index is 1090. The molecule has 3 aromatic heterocycles. The Morgan fingerprint density at radius 2 is 2.10 bits per heavy atom. The molecular formula is C20H22N8O2S. The number of nitrogens with two attached hydrogens (primary N) is 1. The number of carbonyl (C=O) groups is 2. The van der Waals surface area contributed by atoms with Crippen LogP contribution >= 0.6 is 11.5 Å². The predicted molar refractivity (Wildman–Crippen MR) is 118 cm³/mol. The second kappa shape index (κ2) is 9.04. The van der Waals surface area contributed by atoms with E-state index >= 15 is 0 Å². The van der Waals surface area contributed by atoms with Gasteiger partial charge in [-0.15, -0.1) is 0 Å². The molecule has 4 N–H and O–H groups in total. The summed E-state index contributed by atoms with van der Waals surface area (Å²) in [6.07, 6.45) is 6.48. The lowest BCUT2D eigenvalue weighted by atomic mass is 10.1. The van der Waals surface area contributed by atoms with Gasteiger partial charge in [0.2, 0.25) is 0 Å². The molecule has 31 heavy (non-hydrogen) atoms. The molecule has 0 radical (unpaired) electrons. The van der Waals surface area contributed by atoms with E-state index in [1.807, 2.05) is 17.9 Å². The first kappa shape index (κ1) is 20.7.